The molecule has 0 spiro atoms. The van der Waals surface area contributed by atoms with E-state index in [0.29, 0.717) is 18.8 Å². The Bertz CT molecular complexity index is 924. The lowest BCUT2D eigenvalue weighted by Gasteiger charge is -2.42. The van der Waals surface area contributed by atoms with Crippen molar-refractivity contribution in [3.8, 4) is 11.5 Å². The van der Waals surface area contributed by atoms with Crippen molar-refractivity contribution in [3.63, 3.8) is 0 Å². The van der Waals surface area contributed by atoms with Crippen LogP contribution in [0.25, 0.3) is 0 Å². The fraction of sp³-hybridized carbons (Fsp3) is 0.364. The fourth-order valence-corrected chi connectivity index (χ4v) is 5.08. The zero-order valence-electron chi connectivity index (χ0n) is 16.9. The van der Waals surface area contributed by atoms with Gasteiger partial charge in [0.25, 0.3) is 0 Å². The summed E-state index contributed by atoms with van der Waals surface area (Å²) in [6, 6.07) is 15.4. The molecule has 30 heavy (non-hydrogen) atoms. The van der Waals surface area contributed by atoms with Gasteiger partial charge in [0, 0.05) is 22.7 Å². The van der Waals surface area contributed by atoms with E-state index >= 15 is 0 Å². The van der Waals surface area contributed by atoms with Gasteiger partial charge < -0.3 is 14.6 Å². The number of nitrogens with one attached hydrogen (secondary N) is 1. The first kappa shape index (κ1) is 20.6. The monoisotopic (exact) mass is 427 g/mol. The standard InChI is InChI=1S/C22H25N3O4S/c1-3-29-22(27)16-13-23-25-19(30-14-8-5-4-6-9-14)12-17(24-21(16)25)15-10-7-11-18(28-2)20(15)26/h4-11,13,16-17,19,21,24,26H,3,12H2,1-2H3. The SMILES string of the molecule is CCOC(=O)C1C=NN2C(Sc3ccccc3)CC(c3cccc(OC)c3O)NC12. The molecule has 0 bridgehead atoms. The van der Waals surface area contributed by atoms with Gasteiger partial charge in [-0.3, -0.25) is 15.1 Å². The number of aromatic hydroxyl groups is 1. The number of fused-ring (bicyclic) bond motifs is 1. The number of methoxy groups -OCH3 is 1. The zero-order chi connectivity index (χ0) is 21.1. The Balaban J connectivity index is 1.65. The van der Waals surface area contributed by atoms with E-state index in [0.717, 1.165) is 10.5 Å². The quantitative estimate of drug-likeness (QED) is 0.684. The molecule has 0 radical (unpaired) electrons. The highest BCUT2D eigenvalue weighted by atomic mass is 32.2. The third-order valence-electron chi connectivity index (χ3n) is 5.29. The van der Waals surface area contributed by atoms with Crippen LogP contribution in [0.15, 0.2) is 58.5 Å². The highest BCUT2D eigenvalue weighted by Gasteiger charge is 2.46. The lowest BCUT2D eigenvalue weighted by molar-refractivity contribution is -0.147. The van der Waals surface area contributed by atoms with Crippen LogP contribution in [0.4, 0.5) is 0 Å². The largest absolute Gasteiger partial charge is 0.504 e. The van der Waals surface area contributed by atoms with Gasteiger partial charge in [0.1, 0.15) is 17.5 Å². The van der Waals surface area contributed by atoms with Crippen LogP contribution in [-0.4, -0.2) is 47.6 Å². The van der Waals surface area contributed by atoms with Gasteiger partial charge in [-0.25, -0.2) is 0 Å². The summed E-state index contributed by atoms with van der Waals surface area (Å²) < 4.78 is 10.5. The van der Waals surface area contributed by atoms with Gasteiger partial charge in [-0.2, -0.15) is 5.10 Å². The number of phenols is 1. The van der Waals surface area contributed by atoms with Gasteiger partial charge in [-0.15, -0.1) is 0 Å². The number of carbonyl (C=O) groups is 1. The highest BCUT2D eigenvalue weighted by molar-refractivity contribution is 7.99. The molecule has 2 aromatic carbocycles. The molecule has 7 nitrogen and oxygen atoms in total. The number of nitrogens with zero attached hydrogens (tertiary/aromatic N) is 2. The lowest BCUT2D eigenvalue weighted by Crippen LogP contribution is -2.56. The van der Waals surface area contributed by atoms with Gasteiger partial charge in [-0.1, -0.05) is 42.1 Å². The third kappa shape index (κ3) is 3.97. The Kier molecular flexibility index (Phi) is 6.15. The van der Waals surface area contributed by atoms with Crippen LogP contribution >= 0.6 is 11.8 Å². The maximum Gasteiger partial charge on any atom is 0.318 e. The minimum atomic E-state index is -0.514. The normalized spacial score (nSPS) is 25.1. The number of hydrazone groups is 1. The van der Waals surface area contributed by atoms with Crippen molar-refractivity contribution in [1.82, 2.24) is 10.3 Å². The molecule has 2 aliphatic rings. The molecule has 0 saturated carbocycles. The summed E-state index contributed by atoms with van der Waals surface area (Å²) in [7, 11) is 1.53. The number of thioether (sulfide) groups is 1. The summed E-state index contributed by atoms with van der Waals surface area (Å²) >= 11 is 1.69. The topological polar surface area (TPSA) is 83.4 Å². The number of hydrogen-bond acceptors (Lipinski definition) is 8. The number of rotatable bonds is 6. The van der Waals surface area contributed by atoms with Gasteiger partial charge in [-0.05, 0) is 31.5 Å². The van der Waals surface area contributed by atoms with E-state index in [1.54, 1.807) is 31.0 Å². The maximum atomic E-state index is 12.5. The molecule has 4 unspecified atom stereocenters. The summed E-state index contributed by atoms with van der Waals surface area (Å²) in [5.74, 6) is -0.283. The number of benzene rings is 2. The van der Waals surface area contributed by atoms with Crippen molar-refractivity contribution < 1.29 is 19.4 Å². The van der Waals surface area contributed by atoms with E-state index in [2.05, 4.69) is 22.6 Å². The maximum absolute atomic E-state index is 12.5. The average molecular weight is 428 g/mol. The second-order valence-electron chi connectivity index (χ2n) is 7.11. The molecule has 2 N–H and O–H groups in total. The minimum Gasteiger partial charge on any atom is -0.504 e. The van der Waals surface area contributed by atoms with Crippen molar-refractivity contribution in [1.29, 1.82) is 0 Å². The number of para-hydroxylation sites is 1. The van der Waals surface area contributed by atoms with Crippen molar-refractivity contribution in [2.45, 2.75) is 35.8 Å². The van der Waals surface area contributed by atoms with E-state index in [-0.39, 0.29) is 29.3 Å². The number of phenolic OH excluding ortho intramolecular Hbond substituents is 1. The number of esters is 1. The van der Waals surface area contributed by atoms with E-state index in [9.17, 15) is 9.90 Å². The highest BCUT2D eigenvalue weighted by Crippen LogP contribution is 2.43. The fourth-order valence-electron chi connectivity index (χ4n) is 3.87. The minimum absolute atomic E-state index is 0.0232. The second kappa shape index (κ2) is 8.97. The van der Waals surface area contributed by atoms with Gasteiger partial charge >= 0.3 is 5.97 Å². The average Bonchev–Trinajstić information content (AvgIpc) is 3.19. The smallest absolute Gasteiger partial charge is 0.318 e. The molecular formula is C22H25N3O4S. The molecule has 0 amide bonds. The summed E-state index contributed by atoms with van der Waals surface area (Å²) in [5, 5.41) is 20.7. The molecule has 158 valence electrons. The Hall–Kier alpha value is -2.71. The van der Waals surface area contributed by atoms with Gasteiger partial charge in [0.15, 0.2) is 11.5 Å². The molecule has 1 saturated heterocycles. The van der Waals surface area contributed by atoms with Crippen LogP contribution in [0, 0.1) is 5.92 Å². The second-order valence-corrected chi connectivity index (χ2v) is 8.36. The van der Waals surface area contributed by atoms with Crippen LogP contribution < -0.4 is 10.1 Å². The summed E-state index contributed by atoms with van der Waals surface area (Å²) in [6.45, 7) is 2.11. The van der Waals surface area contributed by atoms with E-state index in [1.165, 1.54) is 7.11 Å². The Morgan fingerprint density at radius 2 is 2.07 bits per heavy atom. The molecule has 4 rings (SSSR count). The van der Waals surface area contributed by atoms with Gasteiger partial charge in [0.2, 0.25) is 0 Å². The first-order valence-corrected chi connectivity index (χ1v) is 10.8. The number of carbonyl (C=O) groups excluding carboxylic acids is 1. The molecule has 2 aliphatic heterocycles. The molecule has 2 aromatic rings. The Morgan fingerprint density at radius 1 is 1.27 bits per heavy atom. The van der Waals surface area contributed by atoms with Crippen LogP contribution in [0.5, 0.6) is 11.5 Å². The zero-order valence-corrected chi connectivity index (χ0v) is 17.7. The van der Waals surface area contributed by atoms with Crippen molar-refractivity contribution >= 4 is 23.9 Å². The van der Waals surface area contributed by atoms with E-state index < -0.39 is 5.92 Å². The van der Waals surface area contributed by atoms with Gasteiger partial charge in [0.05, 0.1) is 13.7 Å². The summed E-state index contributed by atoms with van der Waals surface area (Å²) in [4.78, 5) is 13.6. The third-order valence-corrected chi connectivity index (χ3v) is 6.51. The van der Waals surface area contributed by atoms with Crippen molar-refractivity contribution in [3.05, 3.63) is 54.1 Å². The van der Waals surface area contributed by atoms with E-state index in [1.807, 2.05) is 35.3 Å². The Labute approximate surface area is 180 Å². The van der Waals surface area contributed by atoms with Crippen molar-refractivity contribution in [2.75, 3.05) is 13.7 Å². The molecule has 8 heteroatoms. The Morgan fingerprint density at radius 3 is 2.80 bits per heavy atom. The molecule has 4 atom stereocenters. The predicted molar refractivity (Wildman–Crippen MR) is 115 cm³/mol. The molecular weight excluding hydrogens is 402 g/mol. The first-order valence-electron chi connectivity index (χ1n) is 9.95. The van der Waals surface area contributed by atoms with E-state index in [4.69, 9.17) is 9.47 Å². The number of hydrogen-bond donors (Lipinski definition) is 2. The van der Waals surface area contributed by atoms with Crippen LogP contribution in [0.3, 0.4) is 0 Å². The lowest BCUT2D eigenvalue weighted by atomic mass is 9.96. The molecule has 0 aliphatic carbocycles. The molecule has 0 aromatic heterocycles. The summed E-state index contributed by atoms with van der Waals surface area (Å²) in [6.07, 6.45) is 1.99. The predicted octanol–water partition coefficient (Wildman–Crippen LogP) is 3.36. The van der Waals surface area contributed by atoms with Crippen LogP contribution in [0.1, 0.15) is 24.9 Å². The summed E-state index contributed by atoms with van der Waals surface area (Å²) in [5.41, 5.74) is 0.738. The number of ether oxygens (including phenoxy) is 2. The molecule has 1 fully saturated rings. The first-order chi connectivity index (χ1) is 14.6. The van der Waals surface area contributed by atoms with Crippen LogP contribution in [0.2, 0.25) is 0 Å². The van der Waals surface area contributed by atoms with Crippen molar-refractivity contribution in [2.24, 2.45) is 11.0 Å². The molecule has 2 heterocycles. The van der Waals surface area contributed by atoms with Crippen LogP contribution in [-0.2, 0) is 9.53 Å².